The average Bonchev–Trinajstić information content (AvgIpc) is 2.62. The summed E-state index contributed by atoms with van der Waals surface area (Å²) < 4.78 is 0.402. The highest BCUT2D eigenvalue weighted by atomic mass is 32.2. The SMILES string of the molecule is CC1CC(C)SC(=NCC2(C)CCCS2)N1. The Morgan fingerprint density at radius 1 is 1.50 bits per heavy atom. The molecule has 0 bridgehead atoms. The number of nitrogens with zero attached hydrogens (tertiary/aromatic N) is 1. The molecule has 2 aliphatic heterocycles. The lowest BCUT2D eigenvalue weighted by atomic mass is 10.1. The van der Waals surface area contributed by atoms with Gasteiger partial charge in [0.25, 0.3) is 0 Å². The maximum absolute atomic E-state index is 4.79. The molecule has 3 atom stereocenters. The van der Waals surface area contributed by atoms with Crippen LogP contribution < -0.4 is 5.32 Å². The molecule has 2 aliphatic rings. The molecule has 0 aliphatic carbocycles. The predicted octanol–water partition coefficient (Wildman–Crippen LogP) is 3.13. The Morgan fingerprint density at radius 2 is 2.31 bits per heavy atom. The maximum Gasteiger partial charge on any atom is 0.157 e. The van der Waals surface area contributed by atoms with Gasteiger partial charge in [0.05, 0.1) is 6.54 Å². The molecule has 3 unspecified atom stereocenters. The minimum Gasteiger partial charge on any atom is -0.362 e. The van der Waals surface area contributed by atoms with E-state index in [-0.39, 0.29) is 0 Å². The van der Waals surface area contributed by atoms with Crippen molar-refractivity contribution in [3.8, 4) is 0 Å². The maximum atomic E-state index is 4.79. The number of rotatable bonds is 2. The van der Waals surface area contributed by atoms with Crippen molar-refractivity contribution in [2.45, 2.75) is 56.1 Å². The highest BCUT2D eigenvalue weighted by Gasteiger charge is 2.29. The minimum absolute atomic E-state index is 0.402. The first-order valence-corrected chi connectivity index (χ1v) is 8.05. The van der Waals surface area contributed by atoms with Crippen LogP contribution >= 0.6 is 23.5 Å². The molecule has 0 saturated carbocycles. The van der Waals surface area contributed by atoms with Crippen LogP contribution in [0.3, 0.4) is 0 Å². The van der Waals surface area contributed by atoms with Crippen molar-refractivity contribution in [2.24, 2.45) is 4.99 Å². The Bertz CT molecular complexity index is 260. The summed E-state index contributed by atoms with van der Waals surface area (Å²) in [5.41, 5.74) is 0. The molecule has 0 aromatic heterocycles. The van der Waals surface area contributed by atoms with Gasteiger partial charge >= 0.3 is 0 Å². The van der Waals surface area contributed by atoms with E-state index in [9.17, 15) is 0 Å². The zero-order valence-electron chi connectivity index (χ0n) is 10.5. The van der Waals surface area contributed by atoms with Crippen molar-refractivity contribution in [3.05, 3.63) is 0 Å². The topological polar surface area (TPSA) is 24.4 Å². The van der Waals surface area contributed by atoms with Gasteiger partial charge in [-0.2, -0.15) is 11.8 Å². The average molecular weight is 258 g/mol. The van der Waals surface area contributed by atoms with Crippen molar-refractivity contribution in [3.63, 3.8) is 0 Å². The van der Waals surface area contributed by atoms with Gasteiger partial charge in [0, 0.05) is 16.0 Å². The molecule has 1 N–H and O–H groups in total. The van der Waals surface area contributed by atoms with Gasteiger partial charge in [0.1, 0.15) is 0 Å². The number of hydrogen-bond acceptors (Lipinski definition) is 3. The van der Waals surface area contributed by atoms with Crippen LogP contribution in [0, 0.1) is 0 Å². The molecule has 2 saturated heterocycles. The third kappa shape index (κ3) is 3.33. The van der Waals surface area contributed by atoms with E-state index in [0.29, 0.717) is 16.0 Å². The summed E-state index contributed by atoms with van der Waals surface area (Å²) in [6.45, 7) is 7.88. The van der Waals surface area contributed by atoms with Crippen LogP contribution in [0.4, 0.5) is 0 Å². The van der Waals surface area contributed by atoms with Crippen LogP contribution in [0.1, 0.15) is 40.0 Å². The first-order valence-electron chi connectivity index (χ1n) is 6.19. The number of aliphatic imine (C=N–C) groups is 1. The molecule has 16 heavy (non-hydrogen) atoms. The third-order valence-electron chi connectivity index (χ3n) is 3.23. The van der Waals surface area contributed by atoms with Crippen molar-refractivity contribution in [2.75, 3.05) is 12.3 Å². The highest BCUT2D eigenvalue weighted by Crippen LogP contribution is 2.38. The number of hydrogen-bond donors (Lipinski definition) is 1. The van der Waals surface area contributed by atoms with Crippen LogP contribution in [-0.4, -0.2) is 33.5 Å². The molecule has 92 valence electrons. The summed E-state index contributed by atoms with van der Waals surface area (Å²) >= 11 is 3.99. The van der Waals surface area contributed by atoms with Gasteiger partial charge < -0.3 is 5.32 Å². The van der Waals surface area contributed by atoms with Gasteiger partial charge in [-0.3, -0.25) is 4.99 Å². The van der Waals surface area contributed by atoms with Gasteiger partial charge in [0.2, 0.25) is 0 Å². The van der Waals surface area contributed by atoms with E-state index in [2.05, 4.69) is 37.8 Å². The molecule has 0 radical (unpaired) electrons. The Kier molecular flexibility index (Phi) is 4.11. The van der Waals surface area contributed by atoms with Crippen LogP contribution in [0.5, 0.6) is 0 Å². The second-order valence-electron chi connectivity index (χ2n) is 5.23. The van der Waals surface area contributed by atoms with Gasteiger partial charge in [-0.05, 0) is 38.9 Å². The van der Waals surface area contributed by atoms with Gasteiger partial charge in [-0.15, -0.1) is 0 Å². The zero-order valence-corrected chi connectivity index (χ0v) is 12.1. The molecule has 0 amide bonds. The summed E-state index contributed by atoms with van der Waals surface area (Å²) in [5.74, 6) is 1.31. The molecule has 0 aromatic carbocycles. The highest BCUT2D eigenvalue weighted by molar-refractivity contribution is 8.14. The molecule has 4 heteroatoms. The van der Waals surface area contributed by atoms with Crippen LogP contribution in [0.2, 0.25) is 0 Å². The standard InChI is InChI=1S/C12H22N2S2/c1-9-7-10(2)16-11(14-9)13-8-12(3)5-4-6-15-12/h9-10H,4-8H2,1-3H3,(H,13,14). The van der Waals surface area contributed by atoms with E-state index in [1.165, 1.54) is 30.2 Å². The number of nitrogens with one attached hydrogen (secondary N) is 1. The van der Waals surface area contributed by atoms with E-state index in [1.54, 1.807) is 0 Å². The largest absolute Gasteiger partial charge is 0.362 e. The smallest absolute Gasteiger partial charge is 0.157 e. The van der Waals surface area contributed by atoms with Gasteiger partial charge in [0.15, 0.2) is 5.17 Å². The Balaban J connectivity index is 1.91. The minimum atomic E-state index is 0.402. The van der Waals surface area contributed by atoms with Crippen LogP contribution in [0.25, 0.3) is 0 Å². The summed E-state index contributed by atoms with van der Waals surface area (Å²) in [6.07, 6.45) is 3.93. The fourth-order valence-electron chi connectivity index (χ4n) is 2.32. The van der Waals surface area contributed by atoms with Crippen molar-refractivity contribution in [1.29, 1.82) is 0 Å². The van der Waals surface area contributed by atoms with E-state index < -0.39 is 0 Å². The first kappa shape index (κ1) is 12.6. The lowest BCUT2D eigenvalue weighted by Gasteiger charge is -2.28. The molecular formula is C12H22N2S2. The molecule has 2 rings (SSSR count). The van der Waals surface area contributed by atoms with E-state index in [0.717, 1.165) is 6.54 Å². The number of thioether (sulfide) groups is 2. The van der Waals surface area contributed by atoms with E-state index in [4.69, 9.17) is 4.99 Å². The molecule has 2 heterocycles. The van der Waals surface area contributed by atoms with Crippen molar-refractivity contribution >= 4 is 28.7 Å². The summed E-state index contributed by atoms with van der Waals surface area (Å²) in [6, 6.07) is 0.582. The quantitative estimate of drug-likeness (QED) is 0.823. The molecule has 0 aromatic rings. The van der Waals surface area contributed by atoms with Crippen LogP contribution in [0.15, 0.2) is 4.99 Å². The summed E-state index contributed by atoms with van der Waals surface area (Å²) in [5, 5.41) is 5.37. The first-order chi connectivity index (χ1) is 7.57. The van der Waals surface area contributed by atoms with Crippen LogP contribution in [-0.2, 0) is 0 Å². The fraction of sp³-hybridized carbons (Fsp3) is 0.917. The summed E-state index contributed by atoms with van der Waals surface area (Å²) in [4.78, 5) is 4.79. The Morgan fingerprint density at radius 3 is 2.94 bits per heavy atom. The fourth-order valence-corrected chi connectivity index (χ4v) is 4.72. The van der Waals surface area contributed by atoms with Gasteiger partial charge in [-0.1, -0.05) is 18.7 Å². The second-order valence-corrected chi connectivity index (χ2v) is 8.34. The lowest BCUT2D eigenvalue weighted by Crippen LogP contribution is -2.39. The zero-order chi connectivity index (χ0) is 11.6. The van der Waals surface area contributed by atoms with Crippen molar-refractivity contribution in [1.82, 2.24) is 5.32 Å². The third-order valence-corrected chi connectivity index (χ3v) is 5.81. The molecule has 2 fully saturated rings. The number of amidine groups is 1. The van der Waals surface area contributed by atoms with Crippen molar-refractivity contribution < 1.29 is 0 Å². The van der Waals surface area contributed by atoms with Gasteiger partial charge in [-0.25, -0.2) is 0 Å². The second kappa shape index (κ2) is 5.21. The summed E-state index contributed by atoms with van der Waals surface area (Å²) in [7, 11) is 0. The van der Waals surface area contributed by atoms with E-state index >= 15 is 0 Å². The molecule has 0 spiro atoms. The normalized spacial score (nSPS) is 42.3. The molecular weight excluding hydrogens is 236 g/mol. The Hall–Kier alpha value is 0.170. The van der Waals surface area contributed by atoms with E-state index in [1.807, 2.05) is 11.8 Å². The monoisotopic (exact) mass is 258 g/mol. The molecule has 2 nitrogen and oxygen atoms in total. The lowest BCUT2D eigenvalue weighted by molar-refractivity contribution is 0.588. The predicted molar refractivity (Wildman–Crippen MR) is 76.7 cm³/mol. The Labute approximate surface area is 107 Å².